The Hall–Kier alpha value is -1.42. The summed E-state index contributed by atoms with van der Waals surface area (Å²) in [5, 5.41) is 4.62. The average Bonchev–Trinajstić information content (AvgIpc) is 2.83. The molecular formula is C15H22N4. The number of aryl methyl sites for hydroxylation is 1. The lowest BCUT2D eigenvalue weighted by molar-refractivity contribution is 0.154. The van der Waals surface area contributed by atoms with Crippen molar-refractivity contribution in [2.45, 2.75) is 45.6 Å². The Labute approximate surface area is 114 Å². The van der Waals surface area contributed by atoms with Crippen molar-refractivity contribution in [1.29, 1.82) is 0 Å². The molecule has 1 fully saturated rings. The first-order valence-corrected chi connectivity index (χ1v) is 7.33. The third-order valence-corrected chi connectivity index (χ3v) is 4.17. The number of likely N-dealkylation sites (N-methyl/N-ethyl adjacent to an activating group) is 1. The molecule has 1 saturated heterocycles. The average molecular weight is 258 g/mol. The van der Waals surface area contributed by atoms with E-state index in [2.05, 4.69) is 29.9 Å². The van der Waals surface area contributed by atoms with Crippen LogP contribution in [0.3, 0.4) is 0 Å². The van der Waals surface area contributed by atoms with Gasteiger partial charge in [-0.05, 0) is 44.5 Å². The van der Waals surface area contributed by atoms with Crippen LogP contribution in [0.15, 0.2) is 18.3 Å². The topological polar surface area (TPSA) is 33.4 Å². The van der Waals surface area contributed by atoms with Gasteiger partial charge < -0.3 is 4.90 Å². The van der Waals surface area contributed by atoms with Crippen LogP contribution in [0.25, 0.3) is 5.65 Å². The molecule has 19 heavy (non-hydrogen) atoms. The fraction of sp³-hybridized carbons (Fsp3) is 0.600. The van der Waals surface area contributed by atoms with Crippen molar-refractivity contribution in [3.05, 3.63) is 29.7 Å². The quantitative estimate of drug-likeness (QED) is 0.848. The molecule has 0 radical (unpaired) electrons. The van der Waals surface area contributed by atoms with E-state index < -0.39 is 0 Å². The number of aromatic nitrogens is 3. The van der Waals surface area contributed by atoms with Crippen LogP contribution in [0.5, 0.6) is 0 Å². The summed E-state index contributed by atoms with van der Waals surface area (Å²) >= 11 is 0. The molecule has 4 nitrogen and oxygen atoms in total. The molecule has 0 aromatic carbocycles. The molecule has 3 heterocycles. The first-order chi connectivity index (χ1) is 9.28. The normalized spacial score (nSPS) is 21.1. The first kappa shape index (κ1) is 12.6. The number of piperidine rings is 1. The summed E-state index contributed by atoms with van der Waals surface area (Å²) in [6.45, 7) is 6.71. The van der Waals surface area contributed by atoms with Gasteiger partial charge in [0.15, 0.2) is 11.5 Å². The zero-order chi connectivity index (χ0) is 13.2. The first-order valence-electron chi connectivity index (χ1n) is 7.33. The lowest BCUT2D eigenvalue weighted by Gasteiger charge is -2.34. The van der Waals surface area contributed by atoms with E-state index in [4.69, 9.17) is 4.98 Å². The molecule has 0 amide bonds. The van der Waals surface area contributed by atoms with Crippen LogP contribution in [0.4, 0.5) is 0 Å². The Bertz CT molecular complexity index is 560. The van der Waals surface area contributed by atoms with E-state index in [9.17, 15) is 0 Å². The minimum Gasteiger partial charge on any atom is -0.300 e. The van der Waals surface area contributed by atoms with Gasteiger partial charge in [-0.3, -0.25) is 0 Å². The van der Waals surface area contributed by atoms with E-state index in [1.165, 1.54) is 31.4 Å². The van der Waals surface area contributed by atoms with Gasteiger partial charge in [-0.25, -0.2) is 9.50 Å². The van der Waals surface area contributed by atoms with Gasteiger partial charge in [0.1, 0.15) is 0 Å². The molecule has 2 aromatic rings. The number of pyridine rings is 1. The van der Waals surface area contributed by atoms with E-state index in [0.29, 0.717) is 6.04 Å². The number of rotatable bonds is 3. The Morgan fingerprint density at radius 3 is 3.05 bits per heavy atom. The number of likely N-dealkylation sites (tertiary alicyclic amines) is 1. The molecule has 0 spiro atoms. The molecule has 1 aliphatic heterocycles. The van der Waals surface area contributed by atoms with E-state index in [1.807, 2.05) is 16.8 Å². The third-order valence-electron chi connectivity index (χ3n) is 4.17. The summed E-state index contributed by atoms with van der Waals surface area (Å²) < 4.78 is 1.91. The Morgan fingerprint density at radius 2 is 2.26 bits per heavy atom. The van der Waals surface area contributed by atoms with Crippen LogP contribution in [0, 0.1) is 6.92 Å². The molecular weight excluding hydrogens is 236 g/mol. The van der Waals surface area contributed by atoms with Crippen molar-refractivity contribution >= 4 is 5.65 Å². The highest BCUT2D eigenvalue weighted by molar-refractivity contribution is 5.45. The number of fused-ring (bicyclic) bond motifs is 1. The van der Waals surface area contributed by atoms with Gasteiger partial charge >= 0.3 is 0 Å². The van der Waals surface area contributed by atoms with E-state index in [1.54, 1.807) is 0 Å². The van der Waals surface area contributed by atoms with Gasteiger partial charge in [0.05, 0.1) is 0 Å². The molecule has 1 unspecified atom stereocenters. The summed E-state index contributed by atoms with van der Waals surface area (Å²) in [4.78, 5) is 7.27. The summed E-state index contributed by atoms with van der Waals surface area (Å²) in [5.41, 5.74) is 2.19. The predicted molar refractivity (Wildman–Crippen MR) is 76.3 cm³/mol. The predicted octanol–water partition coefficient (Wildman–Crippen LogP) is 2.45. The van der Waals surface area contributed by atoms with Gasteiger partial charge in [-0.1, -0.05) is 19.4 Å². The SMILES string of the molecule is CCN1CCCCC1Cc1nc2c(C)cccn2n1. The van der Waals surface area contributed by atoms with Gasteiger partial charge in [-0.15, -0.1) is 0 Å². The highest BCUT2D eigenvalue weighted by atomic mass is 15.3. The van der Waals surface area contributed by atoms with Crippen LogP contribution in [-0.2, 0) is 6.42 Å². The van der Waals surface area contributed by atoms with Crippen molar-refractivity contribution in [1.82, 2.24) is 19.5 Å². The van der Waals surface area contributed by atoms with Crippen LogP contribution in [0.1, 0.15) is 37.6 Å². The number of nitrogens with zero attached hydrogens (tertiary/aromatic N) is 4. The second-order valence-corrected chi connectivity index (χ2v) is 5.47. The molecule has 1 aliphatic rings. The molecule has 0 saturated carbocycles. The molecule has 2 aromatic heterocycles. The summed E-state index contributed by atoms with van der Waals surface area (Å²) in [7, 11) is 0. The largest absolute Gasteiger partial charge is 0.300 e. The van der Waals surface area contributed by atoms with Crippen molar-refractivity contribution in [2.75, 3.05) is 13.1 Å². The van der Waals surface area contributed by atoms with Crippen molar-refractivity contribution in [3.63, 3.8) is 0 Å². The van der Waals surface area contributed by atoms with E-state index in [0.717, 1.165) is 24.4 Å². The maximum atomic E-state index is 4.70. The molecule has 0 aliphatic carbocycles. The fourth-order valence-electron chi connectivity index (χ4n) is 3.09. The fourth-order valence-corrected chi connectivity index (χ4v) is 3.09. The van der Waals surface area contributed by atoms with E-state index in [-0.39, 0.29) is 0 Å². The Morgan fingerprint density at radius 1 is 1.37 bits per heavy atom. The maximum absolute atomic E-state index is 4.70. The Kier molecular flexibility index (Phi) is 3.51. The van der Waals surface area contributed by atoms with Crippen molar-refractivity contribution < 1.29 is 0 Å². The molecule has 1 atom stereocenters. The standard InChI is InChI=1S/C15H22N4/c1-3-18-9-5-4-8-13(18)11-14-16-15-12(2)7-6-10-19(15)17-14/h6-7,10,13H,3-5,8-9,11H2,1-2H3. The summed E-state index contributed by atoms with van der Waals surface area (Å²) in [6, 6.07) is 4.74. The second kappa shape index (κ2) is 5.29. The van der Waals surface area contributed by atoms with Crippen LogP contribution < -0.4 is 0 Å². The third kappa shape index (κ3) is 2.50. The molecule has 0 N–H and O–H groups in total. The lowest BCUT2D eigenvalue weighted by Crippen LogP contribution is -2.40. The molecule has 4 heteroatoms. The minimum atomic E-state index is 0.622. The second-order valence-electron chi connectivity index (χ2n) is 5.47. The Balaban J connectivity index is 1.82. The molecule has 102 valence electrons. The summed E-state index contributed by atoms with van der Waals surface area (Å²) in [6.07, 6.45) is 6.92. The van der Waals surface area contributed by atoms with Gasteiger partial charge in [0.25, 0.3) is 0 Å². The van der Waals surface area contributed by atoms with Crippen molar-refractivity contribution in [2.24, 2.45) is 0 Å². The van der Waals surface area contributed by atoms with Crippen LogP contribution in [-0.4, -0.2) is 38.6 Å². The highest BCUT2D eigenvalue weighted by Gasteiger charge is 2.22. The number of hydrogen-bond donors (Lipinski definition) is 0. The van der Waals surface area contributed by atoms with Gasteiger partial charge in [-0.2, -0.15) is 5.10 Å². The molecule has 3 rings (SSSR count). The monoisotopic (exact) mass is 258 g/mol. The van der Waals surface area contributed by atoms with Crippen molar-refractivity contribution in [3.8, 4) is 0 Å². The van der Waals surface area contributed by atoms with E-state index >= 15 is 0 Å². The smallest absolute Gasteiger partial charge is 0.158 e. The zero-order valence-electron chi connectivity index (χ0n) is 11.8. The van der Waals surface area contributed by atoms with Crippen LogP contribution in [0.2, 0.25) is 0 Å². The minimum absolute atomic E-state index is 0.622. The molecule has 0 bridgehead atoms. The lowest BCUT2D eigenvalue weighted by atomic mass is 9.99. The maximum Gasteiger partial charge on any atom is 0.158 e. The zero-order valence-corrected chi connectivity index (χ0v) is 11.8. The van der Waals surface area contributed by atoms with Crippen LogP contribution >= 0.6 is 0 Å². The summed E-state index contributed by atoms with van der Waals surface area (Å²) in [5.74, 6) is 0.986. The highest BCUT2D eigenvalue weighted by Crippen LogP contribution is 2.19. The number of hydrogen-bond acceptors (Lipinski definition) is 3. The van der Waals surface area contributed by atoms with Gasteiger partial charge in [0, 0.05) is 18.7 Å². The van der Waals surface area contributed by atoms with Gasteiger partial charge in [0.2, 0.25) is 0 Å².